The third-order valence-electron chi connectivity index (χ3n) is 3.43. The molecule has 1 aromatic carbocycles. The molecule has 1 atom stereocenters. The lowest BCUT2D eigenvalue weighted by atomic mass is 10.2. The molecule has 6 heteroatoms. The Morgan fingerprint density at radius 3 is 3.05 bits per heavy atom. The highest BCUT2D eigenvalue weighted by Crippen LogP contribution is 2.19. The van der Waals surface area contributed by atoms with Gasteiger partial charge >= 0.3 is 0 Å². The van der Waals surface area contributed by atoms with Crippen molar-refractivity contribution in [2.24, 2.45) is 0 Å². The first-order chi connectivity index (χ1) is 9.58. The number of nitrogen functional groups attached to an aromatic ring is 1. The molecular formula is C14H20FN3OS. The van der Waals surface area contributed by atoms with Crippen LogP contribution in [-0.4, -0.2) is 41.4 Å². The molecular weight excluding hydrogens is 277 g/mol. The van der Waals surface area contributed by atoms with Gasteiger partial charge in [-0.3, -0.25) is 9.69 Å². The van der Waals surface area contributed by atoms with Crippen molar-refractivity contribution in [2.45, 2.75) is 19.4 Å². The maximum Gasteiger partial charge on any atom is 0.241 e. The molecule has 1 fully saturated rings. The van der Waals surface area contributed by atoms with E-state index in [0.29, 0.717) is 5.69 Å². The molecule has 1 aromatic rings. The summed E-state index contributed by atoms with van der Waals surface area (Å²) in [6.07, 6.45) is 1.08. The molecule has 0 radical (unpaired) electrons. The van der Waals surface area contributed by atoms with Crippen molar-refractivity contribution in [3.05, 3.63) is 24.0 Å². The molecule has 0 spiro atoms. The average Bonchev–Trinajstić information content (AvgIpc) is 2.71. The predicted molar refractivity (Wildman–Crippen MR) is 82.4 cm³/mol. The summed E-state index contributed by atoms with van der Waals surface area (Å²) in [4.78, 5) is 14.4. The van der Waals surface area contributed by atoms with Gasteiger partial charge in [0.2, 0.25) is 5.91 Å². The zero-order chi connectivity index (χ0) is 14.5. The Kier molecular flexibility index (Phi) is 5.25. The number of carbonyl (C=O) groups is 1. The van der Waals surface area contributed by atoms with Crippen molar-refractivity contribution in [1.29, 1.82) is 0 Å². The standard InChI is InChI=1S/C14H20FN3OS/c1-10(18-5-2-7-20-8-6-18)14(19)17-13-9-11(16)3-4-12(13)15/h3-4,9-10H,2,5-8,16H2,1H3,(H,17,19). The minimum Gasteiger partial charge on any atom is -0.399 e. The van der Waals surface area contributed by atoms with Crippen LogP contribution in [0.2, 0.25) is 0 Å². The van der Waals surface area contributed by atoms with Crippen LogP contribution >= 0.6 is 11.8 Å². The summed E-state index contributed by atoms with van der Waals surface area (Å²) in [6, 6.07) is 3.91. The van der Waals surface area contributed by atoms with Gasteiger partial charge in [0.15, 0.2) is 0 Å². The lowest BCUT2D eigenvalue weighted by Gasteiger charge is -2.26. The number of nitrogens with zero attached hydrogens (tertiary/aromatic N) is 1. The number of benzene rings is 1. The largest absolute Gasteiger partial charge is 0.399 e. The van der Waals surface area contributed by atoms with Crippen molar-refractivity contribution < 1.29 is 9.18 Å². The molecule has 1 amide bonds. The first-order valence-electron chi connectivity index (χ1n) is 6.75. The predicted octanol–water partition coefficient (Wildman–Crippen LogP) is 2.17. The van der Waals surface area contributed by atoms with E-state index >= 15 is 0 Å². The monoisotopic (exact) mass is 297 g/mol. The second-order valence-electron chi connectivity index (χ2n) is 4.91. The van der Waals surface area contributed by atoms with Gasteiger partial charge in [-0.25, -0.2) is 4.39 Å². The maximum absolute atomic E-state index is 13.6. The lowest BCUT2D eigenvalue weighted by molar-refractivity contribution is -0.120. The Labute approximate surface area is 122 Å². The molecule has 1 heterocycles. The SMILES string of the molecule is CC(C(=O)Nc1cc(N)ccc1F)N1CCCSCC1. The minimum atomic E-state index is -0.467. The normalized spacial score (nSPS) is 18.3. The van der Waals surface area contributed by atoms with E-state index in [9.17, 15) is 9.18 Å². The summed E-state index contributed by atoms with van der Waals surface area (Å²) < 4.78 is 13.6. The van der Waals surface area contributed by atoms with Crippen molar-refractivity contribution in [2.75, 3.05) is 35.6 Å². The molecule has 0 aliphatic carbocycles. The number of anilines is 2. The number of rotatable bonds is 3. The summed E-state index contributed by atoms with van der Waals surface area (Å²) >= 11 is 1.91. The van der Waals surface area contributed by atoms with Gasteiger partial charge in [0.25, 0.3) is 0 Å². The number of carbonyl (C=O) groups excluding carboxylic acids is 1. The summed E-state index contributed by atoms with van der Waals surface area (Å²) in [5.41, 5.74) is 6.19. The minimum absolute atomic E-state index is 0.144. The first kappa shape index (κ1) is 15.1. The third-order valence-corrected chi connectivity index (χ3v) is 4.48. The van der Waals surface area contributed by atoms with Gasteiger partial charge in [0.05, 0.1) is 11.7 Å². The fourth-order valence-electron chi connectivity index (χ4n) is 2.19. The van der Waals surface area contributed by atoms with Crippen molar-refractivity contribution in [3.63, 3.8) is 0 Å². The van der Waals surface area contributed by atoms with E-state index in [1.165, 1.54) is 18.2 Å². The van der Waals surface area contributed by atoms with Gasteiger partial charge in [-0.15, -0.1) is 0 Å². The molecule has 1 saturated heterocycles. The highest BCUT2D eigenvalue weighted by molar-refractivity contribution is 7.99. The second-order valence-corrected chi connectivity index (χ2v) is 6.13. The Morgan fingerprint density at radius 2 is 2.25 bits per heavy atom. The summed E-state index contributed by atoms with van der Waals surface area (Å²) in [6.45, 7) is 3.65. The molecule has 20 heavy (non-hydrogen) atoms. The van der Waals surface area contributed by atoms with Gasteiger partial charge in [-0.05, 0) is 43.8 Å². The Hall–Kier alpha value is -1.27. The first-order valence-corrected chi connectivity index (χ1v) is 7.91. The number of thioether (sulfide) groups is 1. The molecule has 1 aliphatic rings. The molecule has 0 bridgehead atoms. The number of hydrogen-bond acceptors (Lipinski definition) is 4. The van der Waals surface area contributed by atoms with Crippen molar-refractivity contribution in [1.82, 2.24) is 4.90 Å². The van der Waals surface area contributed by atoms with Crippen LogP contribution in [0.5, 0.6) is 0 Å². The molecule has 0 saturated carbocycles. The summed E-state index contributed by atoms with van der Waals surface area (Å²) in [7, 11) is 0. The highest BCUT2D eigenvalue weighted by Gasteiger charge is 2.22. The second kappa shape index (κ2) is 6.95. The number of hydrogen-bond donors (Lipinski definition) is 2. The zero-order valence-electron chi connectivity index (χ0n) is 11.6. The van der Waals surface area contributed by atoms with Crippen molar-refractivity contribution in [3.8, 4) is 0 Å². The van der Waals surface area contributed by atoms with E-state index in [-0.39, 0.29) is 17.6 Å². The van der Waals surface area contributed by atoms with Gasteiger partial charge in [-0.1, -0.05) is 0 Å². The fraction of sp³-hybridized carbons (Fsp3) is 0.500. The van der Waals surface area contributed by atoms with Crippen LogP contribution in [0.1, 0.15) is 13.3 Å². The van der Waals surface area contributed by atoms with Crippen LogP contribution in [0.4, 0.5) is 15.8 Å². The van der Waals surface area contributed by atoms with E-state index in [2.05, 4.69) is 10.2 Å². The third kappa shape index (κ3) is 3.86. The lowest BCUT2D eigenvalue weighted by Crippen LogP contribution is -2.43. The average molecular weight is 297 g/mol. The zero-order valence-corrected chi connectivity index (χ0v) is 12.4. The van der Waals surface area contributed by atoms with Gasteiger partial charge < -0.3 is 11.1 Å². The molecule has 1 unspecified atom stereocenters. The molecule has 110 valence electrons. The van der Waals surface area contributed by atoms with Crippen LogP contribution in [0.3, 0.4) is 0 Å². The summed E-state index contributed by atoms with van der Waals surface area (Å²) in [5.74, 6) is 1.51. The van der Waals surface area contributed by atoms with Gasteiger partial charge in [0.1, 0.15) is 5.82 Å². The number of nitrogens with two attached hydrogens (primary N) is 1. The Balaban J connectivity index is 2.01. The fourth-order valence-corrected chi connectivity index (χ4v) is 3.10. The smallest absolute Gasteiger partial charge is 0.241 e. The maximum atomic E-state index is 13.6. The van der Waals surface area contributed by atoms with Crippen LogP contribution in [0.15, 0.2) is 18.2 Å². The number of halogens is 1. The van der Waals surface area contributed by atoms with E-state index < -0.39 is 5.82 Å². The topological polar surface area (TPSA) is 58.4 Å². The van der Waals surface area contributed by atoms with E-state index in [1.54, 1.807) is 0 Å². The molecule has 4 nitrogen and oxygen atoms in total. The van der Waals surface area contributed by atoms with Crippen LogP contribution < -0.4 is 11.1 Å². The molecule has 3 N–H and O–H groups in total. The number of nitrogens with one attached hydrogen (secondary N) is 1. The highest BCUT2D eigenvalue weighted by atomic mass is 32.2. The molecule has 0 aromatic heterocycles. The Bertz CT molecular complexity index is 475. The Morgan fingerprint density at radius 1 is 1.45 bits per heavy atom. The van der Waals surface area contributed by atoms with E-state index in [4.69, 9.17) is 5.73 Å². The van der Waals surface area contributed by atoms with Crippen LogP contribution in [0, 0.1) is 5.82 Å². The van der Waals surface area contributed by atoms with Gasteiger partial charge in [0, 0.05) is 18.0 Å². The molecule has 1 aliphatic heterocycles. The quantitative estimate of drug-likeness (QED) is 0.840. The molecule has 2 rings (SSSR count). The van der Waals surface area contributed by atoms with E-state index in [0.717, 1.165) is 31.0 Å². The van der Waals surface area contributed by atoms with Crippen molar-refractivity contribution >= 4 is 29.0 Å². The van der Waals surface area contributed by atoms with Gasteiger partial charge in [-0.2, -0.15) is 11.8 Å². The van der Waals surface area contributed by atoms with Crippen LogP contribution in [0.25, 0.3) is 0 Å². The summed E-state index contributed by atoms with van der Waals surface area (Å²) in [5, 5.41) is 2.63. The van der Waals surface area contributed by atoms with E-state index in [1.807, 2.05) is 18.7 Å². The number of amides is 1. The van der Waals surface area contributed by atoms with Crippen LogP contribution in [-0.2, 0) is 4.79 Å².